The van der Waals surface area contributed by atoms with Crippen LogP contribution in [0.3, 0.4) is 0 Å². The van der Waals surface area contributed by atoms with Crippen molar-refractivity contribution in [1.82, 2.24) is 5.06 Å². The number of aliphatic hydroxyl groups is 1. The zero-order valence-corrected chi connectivity index (χ0v) is 13.2. The van der Waals surface area contributed by atoms with E-state index in [2.05, 4.69) is 22.6 Å². The van der Waals surface area contributed by atoms with Crippen molar-refractivity contribution < 1.29 is 19.5 Å². The Kier molecular flexibility index (Phi) is 3.98. The number of rotatable bonds is 3. The number of cyclic esters (lactones) is 1. The standard InChI is InChI=1S/C14H16INO4/c1-8-12-11(7-17)20-16(13(12)14(18)19-8)6-9-4-2-3-5-10(9)15/h2-5,8,11-13,17H,6-7H2,1H3/t8-,11?,12+,13-/m0/s1. The van der Waals surface area contributed by atoms with Gasteiger partial charge in [0.25, 0.3) is 0 Å². The van der Waals surface area contributed by atoms with Crippen molar-refractivity contribution in [1.29, 1.82) is 0 Å². The van der Waals surface area contributed by atoms with Gasteiger partial charge in [-0.15, -0.1) is 0 Å². The highest BCUT2D eigenvalue weighted by atomic mass is 127. The number of hydrogen-bond donors (Lipinski definition) is 1. The number of hydroxylamine groups is 2. The SMILES string of the molecule is C[C@@H]1OC(=O)[C@@H]2[C@H]1C(CO)ON2Cc1ccccc1I. The van der Waals surface area contributed by atoms with E-state index in [1.165, 1.54) is 0 Å². The summed E-state index contributed by atoms with van der Waals surface area (Å²) in [6, 6.07) is 7.54. The lowest BCUT2D eigenvalue weighted by Gasteiger charge is -2.20. The number of benzene rings is 1. The molecule has 0 radical (unpaired) electrons. The molecule has 108 valence electrons. The predicted octanol–water partition coefficient (Wildman–Crippen LogP) is 1.33. The Morgan fingerprint density at radius 1 is 1.40 bits per heavy atom. The first-order chi connectivity index (χ1) is 9.61. The second-order valence-electron chi connectivity index (χ2n) is 5.16. The third kappa shape index (κ3) is 2.34. The summed E-state index contributed by atoms with van der Waals surface area (Å²) in [6.45, 7) is 2.26. The van der Waals surface area contributed by atoms with Gasteiger partial charge in [0.15, 0.2) is 0 Å². The zero-order chi connectivity index (χ0) is 14.3. The molecule has 20 heavy (non-hydrogen) atoms. The number of nitrogens with zero attached hydrogens (tertiary/aromatic N) is 1. The lowest BCUT2D eigenvalue weighted by Crippen LogP contribution is -2.35. The van der Waals surface area contributed by atoms with Crippen molar-refractivity contribution in [3.63, 3.8) is 0 Å². The van der Waals surface area contributed by atoms with Gasteiger partial charge in [-0.1, -0.05) is 18.2 Å². The van der Waals surface area contributed by atoms with E-state index in [-0.39, 0.29) is 30.7 Å². The summed E-state index contributed by atoms with van der Waals surface area (Å²) < 4.78 is 6.41. The largest absolute Gasteiger partial charge is 0.461 e. The van der Waals surface area contributed by atoms with Crippen LogP contribution < -0.4 is 0 Å². The molecular weight excluding hydrogens is 373 g/mol. The molecule has 6 heteroatoms. The highest BCUT2D eigenvalue weighted by Gasteiger charge is 2.56. The Morgan fingerprint density at radius 3 is 2.85 bits per heavy atom. The van der Waals surface area contributed by atoms with E-state index >= 15 is 0 Å². The minimum Gasteiger partial charge on any atom is -0.461 e. The van der Waals surface area contributed by atoms with Gasteiger partial charge in [0.2, 0.25) is 0 Å². The molecule has 0 saturated carbocycles. The fourth-order valence-electron chi connectivity index (χ4n) is 2.96. The molecule has 3 rings (SSSR count). The van der Waals surface area contributed by atoms with Crippen LogP contribution in [-0.4, -0.2) is 41.0 Å². The van der Waals surface area contributed by atoms with Crippen LogP contribution in [0.1, 0.15) is 12.5 Å². The summed E-state index contributed by atoms with van der Waals surface area (Å²) in [5.41, 5.74) is 1.10. The van der Waals surface area contributed by atoms with Crippen molar-refractivity contribution >= 4 is 28.6 Å². The molecule has 2 aliphatic heterocycles. The summed E-state index contributed by atoms with van der Waals surface area (Å²) in [5.74, 6) is -0.363. The van der Waals surface area contributed by atoms with Gasteiger partial charge in [0.1, 0.15) is 18.2 Å². The van der Waals surface area contributed by atoms with E-state index in [0.717, 1.165) is 9.13 Å². The molecule has 1 N–H and O–H groups in total. The Labute approximate surface area is 130 Å². The van der Waals surface area contributed by atoms with Gasteiger partial charge in [-0.3, -0.25) is 9.63 Å². The van der Waals surface area contributed by atoms with Crippen LogP contribution in [0.4, 0.5) is 0 Å². The van der Waals surface area contributed by atoms with Gasteiger partial charge in [0.05, 0.1) is 19.1 Å². The van der Waals surface area contributed by atoms with E-state index in [1.54, 1.807) is 5.06 Å². The van der Waals surface area contributed by atoms with Crippen LogP contribution in [0.15, 0.2) is 24.3 Å². The molecule has 0 spiro atoms. The molecule has 1 aromatic carbocycles. The minimum atomic E-state index is -0.418. The average Bonchev–Trinajstić information content (AvgIpc) is 2.93. The summed E-state index contributed by atoms with van der Waals surface area (Å²) in [5, 5.41) is 11.1. The zero-order valence-electron chi connectivity index (χ0n) is 11.0. The topological polar surface area (TPSA) is 59.0 Å². The first-order valence-electron chi connectivity index (χ1n) is 6.60. The molecule has 0 aliphatic carbocycles. The molecule has 0 aromatic heterocycles. The number of carbonyl (C=O) groups is 1. The van der Waals surface area contributed by atoms with E-state index in [4.69, 9.17) is 9.57 Å². The van der Waals surface area contributed by atoms with Gasteiger partial charge in [-0.05, 0) is 41.1 Å². The van der Waals surface area contributed by atoms with Crippen LogP contribution in [0, 0.1) is 9.49 Å². The van der Waals surface area contributed by atoms with Crippen LogP contribution in [0.25, 0.3) is 0 Å². The van der Waals surface area contributed by atoms with E-state index in [9.17, 15) is 9.90 Å². The van der Waals surface area contributed by atoms with Crippen molar-refractivity contribution in [2.45, 2.75) is 31.7 Å². The van der Waals surface area contributed by atoms with Crippen LogP contribution in [0.2, 0.25) is 0 Å². The van der Waals surface area contributed by atoms with E-state index in [1.807, 2.05) is 31.2 Å². The molecule has 1 unspecified atom stereocenters. The van der Waals surface area contributed by atoms with E-state index < -0.39 is 6.04 Å². The third-order valence-electron chi connectivity index (χ3n) is 3.92. The summed E-state index contributed by atoms with van der Waals surface area (Å²) in [6.07, 6.45) is -0.590. The van der Waals surface area contributed by atoms with Gasteiger partial charge in [-0.25, -0.2) is 0 Å². The quantitative estimate of drug-likeness (QED) is 0.625. The monoisotopic (exact) mass is 389 g/mol. The summed E-state index contributed by atoms with van der Waals surface area (Å²) in [4.78, 5) is 17.7. The Balaban J connectivity index is 1.84. The van der Waals surface area contributed by atoms with Crippen LogP contribution >= 0.6 is 22.6 Å². The predicted molar refractivity (Wildman–Crippen MR) is 79.5 cm³/mol. The van der Waals surface area contributed by atoms with Gasteiger partial charge in [0, 0.05) is 3.57 Å². The smallest absolute Gasteiger partial charge is 0.326 e. The second kappa shape index (κ2) is 5.59. The molecule has 2 saturated heterocycles. The molecule has 4 atom stereocenters. The van der Waals surface area contributed by atoms with Gasteiger partial charge < -0.3 is 9.84 Å². The molecule has 2 fully saturated rings. The molecular formula is C14H16INO4. The van der Waals surface area contributed by atoms with Crippen LogP contribution in [-0.2, 0) is 20.9 Å². The number of carbonyl (C=O) groups excluding carboxylic acids is 1. The first kappa shape index (κ1) is 14.2. The van der Waals surface area contributed by atoms with Gasteiger partial charge >= 0.3 is 5.97 Å². The maximum absolute atomic E-state index is 12.0. The maximum atomic E-state index is 12.0. The Hall–Kier alpha value is -0.700. The number of halogens is 1. The van der Waals surface area contributed by atoms with Gasteiger partial charge in [-0.2, -0.15) is 5.06 Å². The molecule has 0 amide bonds. The number of esters is 1. The van der Waals surface area contributed by atoms with Crippen molar-refractivity contribution in [2.75, 3.05) is 6.61 Å². The Bertz CT molecular complexity index is 524. The molecule has 1 aromatic rings. The number of ether oxygens (including phenoxy) is 1. The second-order valence-corrected chi connectivity index (χ2v) is 6.32. The normalized spacial score (nSPS) is 33.2. The van der Waals surface area contributed by atoms with E-state index in [0.29, 0.717) is 6.54 Å². The summed E-state index contributed by atoms with van der Waals surface area (Å²) in [7, 11) is 0. The van der Waals surface area contributed by atoms with Crippen LogP contribution in [0.5, 0.6) is 0 Å². The number of aliphatic hydroxyl groups excluding tert-OH is 1. The molecule has 5 nitrogen and oxygen atoms in total. The molecule has 2 heterocycles. The molecule has 2 aliphatic rings. The lowest BCUT2D eigenvalue weighted by molar-refractivity contribution is -0.195. The highest BCUT2D eigenvalue weighted by Crippen LogP contribution is 2.38. The minimum absolute atomic E-state index is 0.103. The summed E-state index contributed by atoms with van der Waals surface area (Å²) >= 11 is 2.26. The third-order valence-corrected chi connectivity index (χ3v) is 4.98. The fourth-order valence-corrected chi connectivity index (χ4v) is 3.51. The van der Waals surface area contributed by atoms with Crippen molar-refractivity contribution in [3.8, 4) is 0 Å². The molecule has 0 bridgehead atoms. The average molecular weight is 389 g/mol. The first-order valence-corrected chi connectivity index (χ1v) is 7.68. The van der Waals surface area contributed by atoms with Crippen molar-refractivity contribution in [3.05, 3.63) is 33.4 Å². The fraction of sp³-hybridized carbons (Fsp3) is 0.500. The van der Waals surface area contributed by atoms with Crippen molar-refractivity contribution in [2.24, 2.45) is 5.92 Å². The number of fused-ring (bicyclic) bond motifs is 1. The highest BCUT2D eigenvalue weighted by molar-refractivity contribution is 14.1. The lowest BCUT2D eigenvalue weighted by atomic mass is 9.93. The Morgan fingerprint density at radius 2 is 2.15 bits per heavy atom. The maximum Gasteiger partial charge on any atom is 0.326 e. The number of hydrogen-bond acceptors (Lipinski definition) is 5.